The summed E-state index contributed by atoms with van der Waals surface area (Å²) in [5.41, 5.74) is 7.37. The topological polar surface area (TPSA) is 181 Å². The lowest BCUT2D eigenvalue weighted by atomic mass is 9.85. The van der Waals surface area contributed by atoms with Crippen molar-refractivity contribution >= 4 is 23.7 Å². The molecule has 4 atom stereocenters. The summed E-state index contributed by atoms with van der Waals surface area (Å²) in [6.07, 6.45) is 0.284. The number of aromatic carboxylic acids is 1. The molecule has 4 rings (SSSR count). The van der Waals surface area contributed by atoms with Crippen molar-refractivity contribution in [3.05, 3.63) is 72.1 Å². The quantitative estimate of drug-likeness (QED) is 0.302. The van der Waals surface area contributed by atoms with Gasteiger partial charge in [-0.3, -0.25) is 14.4 Å². The lowest BCUT2D eigenvalue weighted by molar-refractivity contribution is -0.144. The van der Waals surface area contributed by atoms with Gasteiger partial charge >= 0.3 is 5.97 Å². The monoisotopic (exact) mass is 562 g/mol. The number of carbonyl (C=O) groups is 4. The maximum Gasteiger partial charge on any atom is 0.358 e. The predicted octanol–water partition coefficient (Wildman–Crippen LogP) is 1.41. The number of nitrogens with zero attached hydrogens (tertiary/aromatic N) is 4. The van der Waals surface area contributed by atoms with E-state index >= 15 is 0 Å². The Balaban J connectivity index is 1.51. The van der Waals surface area contributed by atoms with Crippen LogP contribution in [-0.2, 0) is 20.8 Å². The Kier molecular flexibility index (Phi) is 8.52. The third-order valence-electron chi connectivity index (χ3n) is 7.07. The van der Waals surface area contributed by atoms with Crippen molar-refractivity contribution in [2.45, 2.75) is 57.8 Å². The number of aliphatic hydroxyl groups is 1. The molecular weight excluding hydrogens is 528 g/mol. The third kappa shape index (κ3) is 6.77. The summed E-state index contributed by atoms with van der Waals surface area (Å²) in [5.74, 6) is -3.20. The minimum Gasteiger partial charge on any atom is -0.476 e. The zero-order chi connectivity index (χ0) is 29.9. The summed E-state index contributed by atoms with van der Waals surface area (Å²) in [6.45, 7) is 5.19. The molecule has 216 valence electrons. The Hall–Kier alpha value is -4.58. The van der Waals surface area contributed by atoms with Crippen LogP contribution in [0.25, 0.3) is 11.1 Å². The van der Waals surface area contributed by atoms with Crippen LogP contribution in [0.1, 0.15) is 49.3 Å². The molecule has 3 aromatic rings. The number of aliphatic hydroxyl groups excluding tert-OH is 1. The summed E-state index contributed by atoms with van der Waals surface area (Å²) < 4.78 is 1.16. The number of carbonyl (C=O) groups excluding carboxylic acids is 3. The van der Waals surface area contributed by atoms with Crippen LogP contribution in [0.3, 0.4) is 0 Å². The average Bonchev–Trinajstić information content (AvgIpc) is 3.55. The summed E-state index contributed by atoms with van der Waals surface area (Å²) in [6, 6.07) is 14.2. The number of rotatable bonds is 9. The van der Waals surface area contributed by atoms with E-state index in [1.54, 1.807) is 20.8 Å². The number of carboxylic acid groups (broad SMARTS) is 1. The summed E-state index contributed by atoms with van der Waals surface area (Å²) in [7, 11) is 0. The molecule has 2 unspecified atom stereocenters. The van der Waals surface area contributed by atoms with Crippen LogP contribution in [0.2, 0.25) is 0 Å². The van der Waals surface area contributed by atoms with Crippen LogP contribution in [0, 0.1) is 5.41 Å². The van der Waals surface area contributed by atoms with Crippen LogP contribution in [0.5, 0.6) is 0 Å². The van der Waals surface area contributed by atoms with Crippen molar-refractivity contribution in [1.29, 1.82) is 0 Å². The van der Waals surface area contributed by atoms with Gasteiger partial charge in [0.25, 0.3) is 0 Å². The average molecular weight is 563 g/mol. The fourth-order valence-corrected chi connectivity index (χ4v) is 5.03. The first-order valence-electron chi connectivity index (χ1n) is 13.2. The molecule has 1 aliphatic heterocycles. The number of hydrogen-bond acceptors (Lipinski definition) is 7. The van der Waals surface area contributed by atoms with Gasteiger partial charge in [0.15, 0.2) is 5.69 Å². The Morgan fingerprint density at radius 1 is 1.05 bits per heavy atom. The van der Waals surface area contributed by atoms with Crippen LogP contribution < -0.4 is 11.1 Å². The maximum atomic E-state index is 13.8. The van der Waals surface area contributed by atoms with Gasteiger partial charge in [0.1, 0.15) is 18.1 Å². The fraction of sp³-hybridized carbons (Fsp3) is 0.379. The number of nitrogens with two attached hydrogens (primary N) is 1. The van der Waals surface area contributed by atoms with Gasteiger partial charge in [-0.05, 0) is 22.1 Å². The van der Waals surface area contributed by atoms with E-state index in [1.807, 2.05) is 54.6 Å². The van der Waals surface area contributed by atoms with E-state index in [4.69, 9.17) is 5.73 Å². The predicted molar refractivity (Wildman–Crippen MR) is 148 cm³/mol. The van der Waals surface area contributed by atoms with Crippen LogP contribution in [0.4, 0.5) is 0 Å². The third-order valence-corrected chi connectivity index (χ3v) is 7.07. The molecule has 0 radical (unpaired) electrons. The van der Waals surface area contributed by atoms with E-state index in [9.17, 15) is 29.4 Å². The SMILES string of the molecule is CC(C)(C)C(C(=O)N1C[C@H](O)C[C@H]1C(=O)NC(Cc1ccc(-c2ccccc2)cc1)C(N)=O)n1cc(C(=O)O)nn1. The Labute approximate surface area is 237 Å². The van der Waals surface area contributed by atoms with E-state index in [1.165, 1.54) is 4.90 Å². The van der Waals surface area contributed by atoms with Gasteiger partial charge in [0, 0.05) is 19.4 Å². The molecule has 1 fully saturated rings. The standard InChI is InChI=1S/C29H34N6O6/c1-29(2,3)24(35-16-22(28(40)41)32-33-35)27(39)34-15-20(36)14-23(34)26(38)31-21(25(30)37)13-17-9-11-19(12-10-17)18-7-5-4-6-8-18/h4-12,16,20-21,23-24,36H,13-15H2,1-3H3,(H2,30,37)(H,31,38)(H,40,41)/t20-,21?,23+,24?/m1/s1. The zero-order valence-corrected chi connectivity index (χ0v) is 23.1. The Morgan fingerprint density at radius 3 is 2.24 bits per heavy atom. The van der Waals surface area contributed by atoms with Gasteiger partial charge in [0.2, 0.25) is 17.7 Å². The van der Waals surface area contributed by atoms with E-state index < -0.39 is 53.3 Å². The molecule has 41 heavy (non-hydrogen) atoms. The van der Waals surface area contributed by atoms with E-state index in [2.05, 4.69) is 15.6 Å². The van der Waals surface area contributed by atoms with Crippen molar-refractivity contribution < 1.29 is 29.4 Å². The van der Waals surface area contributed by atoms with E-state index in [-0.39, 0.29) is 25.1 Å². The largest absolute Gasteiger partial charge is 0.476 e. The molecule has 5 N–H and O–H groups in total. The molecule has 1 aliphatic rings. The second-order valence-corrected chi connectivity index (χ2v) is 11.3. The molecule has 0 spiro atoms. The zero-order valence-electron chi connectivity index (χ0n) is 23.1. The fourth-order valence-electron chi connectivity index (χ4n) is 5.03. The summed E-state index contributed by atoms with van der Waals surface area (Å²) in [5, 5.41) is 29.8. The minimum atomic E-state index is -1.29. The van der Waals surface area contributed by atoms with Gasteiger partial charge in [-0.1, -0.05) is 80.6 Å². The van der Waals surface area contributed by atoms with Crippen molar-refractivity contribution in [1.82, 2.24) is 25.2 Å². The summed E-state index contributed by atoms with van der Waals surface area (Å²) >= 11 is 0. The first kappa shape index (κ1) is 29.4. The molecule has 12 heteroatoms. The van der Waals surface area contributed by atoms with E-state index in [0.29, 0.717) is 0 Å². The molecular formula is C29H34N6O6. The number of likely N-dealkylation sites (tertiary alicyclic amines) is 1. The second-order valence-electron chi connectivity index (χ2n) is 11.3. The van der Waals surface area contributed by atoms with E-state index in [0.717, 1.165) is 27.6 Å². The number of amides is 3. The number of β-amino-alcohol motifs (C(OH)–C–C–N with tert-alkyl or cyclic N) is 1. The molecule has 2 aromatic carbocycles. The number of hydrogen-bond donors (Lipinski definition) is 4. The molecule has 12 nitrogen and oxygen atoms in total. The lowest BCUT2D eigenvalue weighted by Gasteiger charge is -2.34. The number of primary amides is 1. The minimum absolute atomic E-state index is 0.0383. The maximum absolute atomic E-state index is 13.8. The molecule has 0 aliphatic carbocycles. The van der Waals surface area contributed by atoms with Crippen LogP contribution >= 0.6 is 0 Å². The summed E-state index contributed by atoms with van der Waals surface area (Å²) in [4.78, 5) is 52.1. The van der Waals surface area contributed by atoms with Gasteiger partial charge in [-0.15, -0.1) is 5.10 Å². The number of nitrogens with one attached hydrogen (secondary N) is 1. The first-order chi connectivity index (χ1) is 19.3. The van der Waals surface area contributed by atoms with Crippen molar-refractivity contribution in [2.24, 2.45) is 11.1 Å². The lowest BCUT2D eigenvalue weighted by Crippen LogP contribution is -2.54. The van der Waals surface area contributed by atoms with Crippen LogP contribution in [0.15, 0.2) is 60.8 Å². The first-order valence-corrected chi connectivity index (χ1v) is 13.2. The highest BCUT2D eigenvalue weighted by molar-refractivity contribution is 5.93. The van der Waals surface area contributed by atoms with Gasteiger partial charge < -0.3 is 26.2 Å². The molecule has 0 bridgehead atoms. The Bertz CT molecular complexity index is 1420. The molecule has 2 heterocycles. The second kappa shape index (κ2) is 11.9. The highest BCUT2D eigenvalue weighted by Crippen LogP contribution is 2.34. The smallest absolute Gasteiger partial charge is 0.358 e. The molecule has 0 saturated carbocycles. The van der Waals surface area contributed by atoms with Crippen molar-refractivity contribution in [2.75, 3.05) is 6.54 Å². The van der Waals surface area contributed by atoms with Crippen LogP contribution in [-0.4, -0.2) is 78.5 Å². The van der Waals surface area contributed by atoms with Gasteiger partial charge in [-0.2, -0.15) is 0 Å². The van der Waals surface area contributed by atoms with Crippen molar-refractivity contribution in [3.8, 4) is 11.1 Å². The Morgan fingerprint density at radius 2 is 1.68 bits per heavy atom. The molecule has 1 saturated heterocycles. The van der Waals surface area contributed by atoms with Gasteiger partial charge in [0.05, 0.1) is 12.3 Å². The van der Waals surface area contributed by atoms with Crippen molar-refractivity contribution in [3.63, 3.8) is 0 Å². The number of benzene rings is 2. The normalized spacial score (nSPS) is 18.5. The molecule has 1 aromatic heterocycles. The number of carboxylic acids is 1. The van der Waals surface area contributed by atoms with Gasteiger partial charge in [-0.25, -0.2) is 9.48 Å². The number of aromatic nitrogens is 3. The highest BCUT2D eigenvalue weighted by Gasteiger charge is 2.45. The molecule has 3 amide bonds. The highest BCUT2D eigenvalue weighted by atomic mass is 16.4.